The van der Waals surface area contributed by atoms with Crippen LogP contribution in [0.5, 0.6) is 0 Å². The van der Waals surface area contributed by atoms with Crippen LogP contribution in [0.15, 0.2) is 107 Å². The van der Waals surface area contributed by atoms with E-state index in [1.165, 1.54) is 17.3 Å². The number of hydrazone groups is 1. The van der Waals surface area contributed by atoms with Crippen molar-refractivity contribution < 1.29 is 4.79 Å². The standard InChI is InChI=1S/C27H22N4OS/c32-26(30-28-17-22-13-8-12-21-11-4-5-14-23(21)22)19-33-27-29-24-15-6-7-16-25(24)31(27)18-20-9-2-1-3-10-20/h1-17H,18-19H2,(H,30,32). The number of hydrogen-bond donors (Lipinski definition) is 1. The van der Waals surface area contributed by atoms with E-state index < -0.39 is 0 Å². The van der Waals surface area contributed by atoms with Gasteiger partial charge in [-0.3, -0.25) is 4.79 Å². The second kappa shape index (κ2) is 9.71. The largest absolute Gasteiger partial charge is 0.314 e. The minimum absolute atomic E-state index is 0.171. The normalized spacial score (nSPS) is 11.4. The molecule has 0 radical (unpaired) electrons. The summed E-state index contributed by atoms with van der Waals surface area (Å²) in [5.41, 5.74) is 6.77. The van der Waals surface area contributed by atoms with Gasteiger partial charge in [0.2, 0.25) is 0 Å². The van der Waals surface area contributed by atoms with E-state index in [1.807, 2.05) is 66.7 Å². The number of nitrogens with zero attached hydrogens (tertiary/aromatic N) is 3. The van der Waals surface area contributed by atoms with E-state index in [2.05, 4.69) is 45.4 Å². The van der Waals surface area contributed by atoms with Crippen molar-refractivity contribution in [2.24, 2.45) is 5.10 Å². The Morgan fingerprint density at radius 1 is 0.909 bits per heavy atom. The molecule has 0 unspecified atom stereocenters. The molecule has 1 N–H and O–H groups in total. The second-order valence-corrected chi connectivity index (χ2v) is 8.55. The maximum absolute atomic E-state index is 12.5. The zero-order chi connectivity index (χ0) is 22.5. The number of hydrogen-bond acceptors (Lipinski definition) is 4. The van der Waals surface area contributed by atoms with Crippen molar-refractivity contribution in [1.82, 2.24) is 15.0 Å². The molecule has 33 heavy (non-hydrogen) atoms. The second-order valence-electron chi connectivity index (χ2n) is 7.61. The summed E-state index contributed by atoms with van der Waals surface area (Å²) in [6.45, 7) is 0.699. The molecule has 1 amide bonds. The van der Waals surface area contributed by atoms with Gasteiger partial charge >= 0.3 is 0 Å². The van der Waals surface area contributed by atoms with Gasteiger partial charge in [-0.2, -0.15) is 5.10 Å². The summed E-state index contributed by atoms with van der Waals surface area (Å²) in [5, 5.41) is 7.22. The highest BCUT2D eigenvalue weighted by Crippen LogP contribution is 2.25. The van der Waals surface area contributed by atoms with Crippen molar-refractivity contribution in [2.45, 2.75) is 11.7 Å². The van der Waals surface area contributed by atoms with Crippen molar-refractivity contribution in [2.75, 3.05) is 5.75 Å². The van der Waals surface area contributed by atoms with E-state index in [1.54, 1.807) is 6.21 Å². The van der Waals surface area contributed by atoms with Crippen LogP contribution in [0.1, 0.15) is 11.1 Å². The van der Waals surface area contributed by atoms with Gasteiger partial charge < -0.3 is 4.57 Å². The highest BCUT2D eigenvalue weighted by Gasteiger charge is 2.13. The van der Waals surface area contributed by atoms with Crippen molar-refractivity contribution in [3.63, 3.8) is 0 Å². The van der Waals surface area contributed by atoms with Gasteiger partial charge in [0.1, 0.15) is 0 Å². The number of rotatable bonds is 7. The number of benzene rings is 4. The number of carbonyl (C=O) groups excluding carboxylic acids is 1. The maximum atomic E-state index is 12.5. The Labute approximate surface area is 196 Å². The maximum Gasteiger partial charge on any atom is 0.250 e. The topological polar surface area (TPSA) is 59.3 Å². The summed E-state index contributed by atoms with van der Waals surface area (Å²) in [7, 11) is 0. The number of amides is 1. The van der Waals surface area contributed by atoms with Gasteiger partial charge in [0.05, 0.1) is 29.5 Å². The van der Waals surface area contributed by atoms with Crippen LogP contribution in [0.2, 0.25) is 0 Å². The zero-order valence-electron chi connectivity index (χ0n) is 17.9. The van der Waals surface area contributed by atoms with Crippen LogP contribution in [0, 0.1) is 0 Å². The summed E-state index contributed by atoms with van der Waals surface area (Å²) < 4.78 is 2.15. The number of para-hydroxylation sites is 2. The molecule has 1 heterocycles. The molecule has 0 aliphatic heterocycles. The Bertz CT molecular complexity index is 1440. The number of aromatic nitrogens is 2. The lowest BCUT2D eigenvalue weighted by Gasteiger charge is -2.09. The molecular weight excluding hydrogens is 428 g/mol. The fourth-order valence-corrected chi connectivity index (χ4v) is 4.59. The molecular formula is C27H22N4OS. The van der Waals surface area contributed by atoms with Gasteiger partial charge in [0.25, 0.3) is 5.91 Å². The summed E-state index contributed by atoms with van der Waals surface area (Å²) in [6, 6.07) is 32.4. The van der Waals surface area contributed by atoms with Gasteiger partial charge in [-0.1, -0.05) is 96.7 Å². The first kappa shape index (κ1) is 21.0. The van der Waals surface area contributed by atoms with Crippen LogP contribution in [0.25, 0.3) is 21.8 Å². The lowest BCUT2D eigenvalue weighted by Crippen LogP contribution is -2.20. The quantitative estimate of drug-likeness (QED) is 0.203. The monoisotopic (exact) mass is 450 g/mol. The summed E-state index contributed by atoms with van der Waals surface area (Å²) >= 11 is 1.41. The van der Waals surface area contributed by atoms with E-state index >= 15 is 0 Å². The van der Waals surface area contributed by atoms with E-state index in [-0.39, 0.29) is 11.7 Å². The molecule has 0 saturated carbocycles. The van der Waals surface area contributed by atoms with E-state index in [0.29, 0.717) is 6.54 Å². The molecule has 0 aliphatic carbocycles. The average molecular weight is 451 g/mol. The molecule has 1 aromatic heterocycles. The Kier molecular flexibility index (Phi) is 6.17. The molecule has 6 heteroatoms. The lowest BCUT2D eigenvalue weighted by molar-refractivity contribution is -0.118. The molecule has 0 spiro atoms. The molecule has 162 valence electrons. The lowest BCUT2D eigenvalue weighted by atomic mass is 10.1. The van der Waals surface area contributed by atoms with Crippen LogP contribution >= 0.6 is 11.8 Å². The molecule has 5 rings (SSSR count). The number of fused-ring (bicyclic) bond motifs is 2. The summed E-state index contributed by atoms with van der Waals surface area (Å²) in [6.07, 6.45) is 1.69. The van der Waals surface area contributed by atoms with Gasteiger partial charge in [0.15, 0.2) is 5.16 Å². The van der Waals surface area contributed by atoms with Gasteiger partial charge in [-0.15, -0.1) is 0 Å². The highest BCUT2D eigenvalue weighted by molar-refractivity contribution is 7.99. The van der Waals surface area contributed by atoms with Crippen LogP contribution in [-0.4, -0.2) is 27.4 Å². The van der Waals surface area contributed by atoms with E-state index in [0.717, 1.165) is 32.5 Å². The first-order valence-electron chi connectivity index (χ1n) is 10.7. The first-order valence-corrected chi connectivity index (χ1v) is 11.7. The molecule has 0 atom stereocenters. The average Bonchev–Trinajstić information content (AvgIpc) is 3.21. The predicted molar refractivity (Wildman–Crippen MR) is 136 cm³/mol. The van der Waals surface area contributed by atoms with Gasteiger partial charge in [-0.05, 0) is 28.5 Å². The Morgan fingerprint density at radius 2 is 1.67 bits per heavy atom. The van der Waals surface area contributed by atoms with Crippen LogP contribution in [-0.2, 0) is 11.3 Å². The third-order valence-electron chi connectivity index (χ3n) is 5.35. The summed E-state index contributed by atoms with van der Waals surface area (Å²) in [5.74, 6) is 0.0557. The number of nitrogens with one attached hydrogen (secondary N) is 1. The SMILES string of the molecule is O=C(CSc1nc2ccccc2n1Cc1ccccc1)NN=Cc1cccc2ccccc12. The molecule has 0 bridgehead atoms. The number of carbonyl (C=O) groups is 1. The molecule has 0 saturated heterocycles. The van der Waals surface area contributed by atoms with E-state index in [9.17, 15) is 4.79 Å². The Balaban J connectivity index is 1.28. The van der Waals surface area contributed by atoms with Crippen molar-refractivity contribution in [3.05, 3.63) is 108 Å². The third kappa shape index (κ3) is 4.81. The Hall–Kier alpha value is -3.90. The smallest absolute Gasteiger partial charge is 0.250 e. The van der Waals surface area contributed by atoms with Crippen LogP contribution in [0.3, 0.4) is 0 Å². The first-order chi connectivity index (χ1) is 16.3. The minimum atomic E-state index is -0.171. The summed E-state index contributed by atoms with van der Waals surface area (Å²) in [4.78, 5) is 17.2. The molecule has 5 nitrogen and oxygen atoms in total. The zero-order valence-corrected chi connectivity index (χ0v) is 18.7. The molecule has 0 aliphatic rings. The Morgan fingerprint density at radius 3 is 2.58 bits per heavy atom. The van der Waals surface area contributed by atoms with Crippen LogP contribution in [0.4, 0.5) is 0 Å². The van der Waals surface area contributed by atoms with Crippen LogP contribution < -0.4 is 5.43 Å². The predicted octanol–water partition coefficient (Wildman–Crippen LogP) is 5.48. The molecule has 0 fully saturated rings. The van der Waals surface area contributed by atoms with Crippen molar-refractivity contribution in [3.8, 4) is 0 Å². The van der Waals surface area contributed by atoms with Gasteiger partial charge in [0, 0.05) is 5.56 Å². The fourth-order valence-electron chi connectivity index (χ4n) is 3.78. The number of thioether (sulfide) groups is 1. The van der Waals surface area contributed by atoms with Crippen molar-refractivity contribution >= 4 is 45.7 Å². The van der Waals surface area contributed by atoms with E-state index in [4.69, 9.17) is 4.98 Å². The van der Waals surface area contributed by atoms with Crippen molar-refractivity contribution in [1.29, 1.82) is 0 Å². The molecule has 5 aromatic rings. The minimum Gasteiger partial charge on any atom is -0.314 e. The molecule has 4 aromatic carbocycles. The van der Waals surface area contributed by atoms with Gasteiger partial charge in [-0.25, -0.2) is 10.4 Å². The number of imidazole rings is 1. The highest BCUT2D eigenvalue weighted by atomic mass is 32.2. The fraction of sp³-hybridized carbons (Fsp3) is 0.0741. The third-order valence-corrected chi connectivity index (χ3v) is 6.33.